The Hall–Kier alpha value is -1.48. The van der Waals surface area contributed by atoms with E-state index in [1.54, 1.807) is 0 Å². The Morgan fingerprint density at radius 3 is 1.00 bits per heavy atom. The van der Waals surface area contributed by atoms with Gasteiger partial charge in [0.05, 0.1) is 0 Å². The molecule has 0 amide bonds. The van der Waals surface area contributed by atoms with E-state index in [-0.39, 0.29) is 29.2 Å². The predicted octanol–water partition coefficient (Wildman–Crippen LogP) is 0.761. The molecule has 21 heavy (non-hydrogen) atoms. The van der Waals surface area contributed by atoms with Crippen LogP contribution < -0.4 is 10.2 Å². The summed E-state index contributed by atoms with van der Waals surface area (Å²) in [6.45, 7) is 1.76. The first-order valence-electron chi connectivity index (χ1n) is 4.61. The standard InChI is InChI=1S/2C5H5F3O2.Mn/c2*1-3(9)2-4(10)5(6,7)8;/h2*2,10H,1H3;/q;;+2/p-2. The summed E-state index contributed by atoms with van der Waals surface area (Å²) < 4.78 is 67.7. The molecule has 0 N–H and O–H groups in total. The Morgan fingerprint density at radius 1 is 0.762 bits per heavy atom. The van der Waals surface area contributed by atoms with E-state index in [1.165, 1.54) is 0 Å². The van der Waals surface area contributed by atoms with Crippen molar-refractivity contribution in [3.8, 4) is 0 Å². The van der Waals surface area contributed by atoms with Gasteiger partial charge in [0.1, 0.15) is 0 Å². The molecular formula is C10H8F6MnO4. The molecule has 0 aliphatic rings. The molecule has 0 spiro atoms. The van der Waals surface area contributed by atoms with E-state index >= 15 is 0 Å². The quantitative estimate of drug-likeness (QED) is 0.315. The molecule has 0 aliphatic carbocycles. The van der Waals surface area contributed by atoms with Gasteiger partial charge in [0, 0.05) is 0 Å². The van der Waals surface area contributed by atoms with E-state index in [0.717, 1.165) is 13.8 Å². The molecule has 0 aliphatic heterocycles. The van der Waals surface area contributed by atoms with Crippen molar-refractivity contribution in [3.63, 3.8) is 0 Å². The summed E-state index contributed by atoms with van der Waals surface area (Å²) in [7, 11) is 0. The number of allylic oxidation sites excluding steroid dienone is 4. The van der Waals surface area contributed by atoms with Crippen molar-refractivity contribution >= 4 is 11.6 Å². The molecule has 4 nitrogen and oxygen atoms in total. The normalized spacial score (nSPS) is 12.8. The molecule has 0 heterocycles. The molecule has 0 saturated carbocycles. The third-order valence-corrected chi connectivity index (χ3v) is 1.23. The Balaban J connectivity index is -0.000000295. The van der Waals surface area contributed by atoms with Crippen molar-refractivity contribution in [3.05, 3.63) is 23.7 Å². The first kappa shape index (κ1) is 24.5. The van der Waals surface area contributed by atoms with Crippen LogP contribution in [-0.2, 0) is 26.7 Å². The first-order valence-corrected chi connectivity index (χ1v) is 4.61. The first-order chi connectivity index (χ1) is 8.67. The minimum Gasteiger partial charge on any atom is -0.869 e. The second kappa shape index (κ2) is 9.45. The fourth-order valence-corrected chi connectivity index (χ4v) is 0.533. The van der Waals surface area contributed by atoms with Crippen molar-refractivity contribution < 1.29 is 63.2 Å². The Morgan fingerprint density at radius 2 is 0.952 bits per heavy atom. The zero-order valence-electron chi connectivity index (χ0n) is 10.4. The summed E-state index contributed by atoms with van der Waals surface area (Å²) in [5.41, 5.74) is 0. The van der Waals surface area contributed by atoms with Crippen LogP contribution in [0.25, 0.3) is 0 Å². The molecule has 11 heteroatoms. The maximum atomic E-state index is 11.3. The molecule has 0 saturated heterocycles. The van der Waals surface area contributed by atoms with E-state index in [0.29, 0.717) is 0 Å². The molecule has 0 unspecified atom stereocenters. The summed E-state index contributed by atoms with van der Waals surface area (Å²) in [6.07, 6.45) is -9.82. The van der Waals surface area contributed by atoms with Gasteiger partial charge in [-0.25, -0.2) is 0 Å². The van der Waals surface area contributed by atoms with Crippen LogP contribution >= 0.6 is 0 Å². The van der Waals surface area contributed by atoms with E-state index in [1.807, 2.05) is 0 Å². The monoisotopic (exact) mass is 361 g/mol. The van der Waals surface area contributed by atoms with E-state index < -0.39 is 35.4 Å². The summed E-state index contributed by atoms with van der Waals surface area (Å²) in [4.78, 5) is 19.8. The molecule has 1 radical (unpaired) electrons. The third-order valence-electron chi connectivity index (χ3n) is 1.23. The Labute approximate surface area is 125 Å². The number of rotatable bonds is 2. The average Bonchev–Trinajstić information content (AvgIpc) is 2.13. The predicted molar refractivity (Wildman–Crippen MR) is 49.6 cm³/mol. The summed E-state index contributed by atoms with van der Waals surface area (Å²) in [5.74, 6) is -6.02. The maximum absolute atomic E-state index is 11.3. The molecule has 0 rings (SSSR count). The second-order valence-electron chi connectivity index (χ2n) is 3.23. The van der Waals surface area contributed by atoms with Crippen molar-refractivity contribution in [1.29, 1.82) is 0 Å². The van der Waals surface area contributed by atoms with E-state index in [9.17, 15) is 46.1 Å². The number of hydrogen-bond donors (Lipinski definition) is 0. The topological polar surface area (TPSA) is 80.3 Å². The molecule has 0 aromatic heterocycles. The molecule has 0 atom stereocenters. The van der Waals surface area contributed by atoms with Gasteiger partial charge in [-0.3, -0.25) is 9.59 Å². The van der Waals surface area contributed by atoms with Crippen LogP contribution in [-0.4, -0.2) is 23.9 Å². The average molecular weight is 361 g/mol. The van der Waals surface area contributed by atoms with Gasteiger partial charge in [-0.2, -0.15) is 26.3 Å². The zero-order valence-corrected chi connectivity index (χ0v) is 11.6. The van der Waals surface area contributed by atoms with Crippen molar-refractivity contribution in [2.45, 2.75) is 26.2 Å². The van der Waals surface area contributed by atoms with Crippen molar-refractivity contribution in [2.24, 2.45) is 0 Å². The molecule has 0 aromatic carbocycles. The summed E-state index contributed by atoms with van der Waals surface area (Å²) >= 11 is 0. The Bertz CT molecular complexity index is 382. The van der Waals surface area contributed by atoms with E-state index in [4.69, 9.17) is 0 Å². The number of carbonyl (C=O) groups is 2. The van der Waals surface area contributed by atoms with Gasteiger partial charge in [0.25, 0.3) is 0 Å². The third kappa shape index (κ3) is 14.7. The van der Waals surface area contributed by atoms with Crippen LogP contribution in [0.2, 0.25) is 0 Å². The fraction of sp³-hybridized carbons (Fsp3) is 0.400. The van der Waals surface area contributed by atoms with Crippen LogP contribution in [0.4, 0.5) is 26.3 Å². The molecule has 0 fully saturated rings. The maximum Gasteiger partial charge on any atom is 2.00 e. The number of hydrogen-bond acceptors (Lipinski definition) is 4. The number of halogens is 6. The minimum atomic E-state index is -4.92. The zero-order chi connectivity index (χ0) is 16.7. The SMILES string of the molecule is CC(=O)C=C([O-])C(F)(F)F.CC(=O)C=C([O-])C(F)(F)F.[Mn+2]. The molecular weight excluding hydrogens is 353 g/mol. The molecule has 0 bridgehead atoms. The summed E-state index contributed by atoms with van der Waals surface area (Å²) in [6, 6.07) is 0. The number of ketones is 2. The van der Waals surface area contributed by atoms with Crippen molar-refractivity contribution in [2.75, 3.05) is 0 Å². The van der Waals surface area contributed by atoms with Crippen LogP contribution in [0.5, 0.6) is 0 Å². The van der Waals surface area contributed by atoms with Crippen molar-refractivity contribution in [1.82, 2.24) is 0 Å². The van der Waals surface area contributed by atoms with Crippen LogP contribution in [0.1, 0.15) is 13.8 Å². The Kier molecular flexibility index (Phi) is 11.0. The number of carbonyl (C=O) groups excluding carboxylic acids is 2. The van der Waals surface area contributed by atoms with Gasteiger partial charge >= 0.3 is 29.4 Å². The number of alkyl halides is 6. The van der Waals surface area contributed by atoms with Gasteiger partial charge in [-0.15, -0.1) is 0 Å². The van der Waals surface area contributed by atoms with Crippen LogP contribution in [0.3, 0.4) is 0 Å². The van der Waals surface area contributed by atoms with Crippen LogP contribution in [0.15, 0.2) is 23.7 Å². The van der Waals surface area contributed by atoms with Gasteiger partial charge in [-0.05, 0) is 37.5 Å². The minimum absolute atomic E-state index is 0. The van der Waals surface area contributed by atoms with Gasteiger partial charge < -0.3 is 10.2 Å². The van der Waals surface area contributed by atoms with Gasteiger partial charge in [0.2, 0.25) is 0 Å². The van der Waals surface area contributed by atoms with E-state index in [2.05, 4.69) is 0 Å². The molecule has 0 aromatic rings. The fourth-order valence-electron chi connectivity index (χ4n) is 0.533. The second-order valence-corrected chi connectivity index (χ2v) is 3.23. The largest absolute Gasteiger partial charge is 2.00 e. The van der Waals surface area contributed by atoms with Gasteiger partial charge in [0.15, 0.2) is 11.6 Å². The van der Waals surface area contributed by atoms with Crippen LogP contribution in [0, 0.1) is 0 Å². The van der Waals surface area contributed by atoms with Gasteiger partial charge in [-0.1, -0.05) is 0 Å². The summed E-state index contributed by atoms with van der Waals surface area (Å²) in [5, 5.41) is 19.7. The molecule has 121 valence electrons. The smallest absolute Gasteiger partial charge is 0.869 e.